The molecule has 0 fully saturated rings. The van der Waals surface area contributed by atoms with Gasteiger partial charge in [0.2, 0.25) is 0 Å². The maximum atomic E-state index is 6.16. The highest BCUT2D eigenvalue weighted by molar-refractivity contribution is 7.27. The SMILES string of the molecule is c1ccc(-c2ccc(N(c3ccc(-c4ccc5sc6ccccc6c5c4)cc3)c3ccc4oc5ccccc5c4c3)cc2)cc1.c1ccc(-c2ccc(N(c3cccc(-c4ccccc4)c3)c3cccc(-c4ccc5sc6ccccc6c5c4)c3)cc2)cc1.c1ccc2c(N(c3ccc(-c4ccc5sc6ccccc6c5c4)cc3)c3ccc4sc5ccccc5c4c3)cccc2c1. The summed E-state index contributed by atoms with van der Waals surface area (Å²) in [4.78, 5) is 7.10. The zero-order valence-electron chi connectivity index (χ0n) is 71.6. The van der Waals surface area contributed by atoms with Crippen LogP contribution in [-0.4, -0.2) is 0 Å². The normalized spacial score (nSPS) is 11.5. The van der Waals surface area contributed by atoms with Gasteiger partial charge in [-0.2, -0.15) is 0 Å². The Hall–Kier alpha value is -16.0. The second-order valence-corrected chi connectivity index (χ2v) is 37.7. The van der Waals surface area contributed by atoms with E-state index in [1.807, 2.05) is 57.5 Å². The standard InChI is InChI=1S/C42H27NOS.C42H29NS.C40H25NS2/c1-2-8-28(9-3-1)29-14-19-32(20-15-29)43(34-23-24-40-37(27-34)35-10-4-6-12-39(35)44-40)33-21-16-30(17-22-33)31-18-25-42-38(26-31)36-11-5-7-13-41(36)45-42;1-3-11-30(12-4-1)32-21-24-36(25-22-32)43(37-17-9-15-33(27-37)31-13-5-2-6-14-31)38-18-10-16-34(28-38)35-23-26-42-40(29-35)39-19-7-8-20-41(39)44-42;1-2-10-31-27(8-1)9-7-13-36(31)41(30-21-23-40-35(25-30)33-12-4-6-15-38(33)43-40)29-19-16-26(17-20-29)28-18-22-39-34(24-28)32-11-3-5-14-37(32)42-39/h1-27H;1-29H;1-25H. The van der Waals surface area contributed by atoms with Gasteiger partial charge in [-0.3, -0.25) is 0 Å². The van der Waals surface area contributed by atoms with Crippen LogP contribution in [0.4, 0.5) is 51.2 Å². The molecule has 0 bridgehead atoms. The molecule has 0 saturated carbocycles. The second kappa shape index (κ2) is 34.5. The van der Waals surface area contributed by atoms with Crippen LogP contribution in [0.5, 0.6) is 0 Å². The summed E-state index contributed by atoms with van der Waals surface area (Å²) in [5.41, 5.74) is 26.5. The summed E-state index contributed by atoms with van der Waals surface area (Å²) in [5, 5.41) is 15.3. The minimum absolute atomic E-state index is 0.894. The molecule has 4 nitrogen and oxygen atoms in total. The average Bonchev–Trinajstić information content (AvgIpc) is 1.51. The highest BCUT2D eigenvalue weighted by Gasteiger charge is 2.23. The quantitative estimate of drug-likeness (QED) is 0.102. The van der Waals surface area contributed by atoms with Crippen molar-refractivity contribution in [2.45, 2.75) is 0 Å². The van der Waals surface area contributed by atoms with Crippen molar-refractivity contribution >= 4 is 210 Å². The summed E-state index contributed by atoms with van der Waals surface area (Å²) in [6.07, 6.45) is 0. The van der Waals surface area contributed by atoms with Gasteiger partial charge in [0, 0.05) is 142 Å². The minimum Gasteiger partial charge on any atom is -0.456 e. The molecule has 5 heterocycles. The molecular formula is C124H81N3OS4. The molecule has 0 atom stereocenters. The van der Waals surface area contributed by atoms with E-state index >= 15 is 0 Å². The van der Waals surface area contributed by atoms with Crippen molar-refractivity contribution in [3.63, 3.8) is 0 Å². The van der Waals surface area contributed by atoms with Gasteiger partial charge in [0.1, 0.15) is 11.2 Å². The van der Waals surface area contributed by atoms with Crippen molar-refractivity contribution in [1.82, 2.24) is 0 Å². The number of furan rings is 1. The Balaban J connectivity index is 0.000000109. The molecule has 622 valence electrons. The van der Waals surface area contributed by atoms with Crippen molar-refractivity contribution in [2.75, 3.05) is 14.7 Å². The zero-order valence-corrected chi connectivity index (χ0v) is 74.9. The highest BCUT2D eigenvalue weighted by atomic mass is 32.1. The molecule has 0 aliphatic rings. The van der Waals surface area contributed by atoms with Crippen molar-refractivity contribution in [3.05, 3.63) is 491 Å². The van der Waals surface area contributed by atoms with Crippen LogP contribution < -0.4 is 14.7 Å². The van der Waals surface area contributed by atoms with Crippen LogP contribution in [0, 0.1) is 0 Å². The number of benzene rings is 21. The molecule has 5 aromatic heterocycles. The van der Waals surface area contributed by atoms with E-state index in [0.29, 0.717) is 0 Å². The van der Waals surface area contributed by atoms with Gasteiger partial charge in [0.25, 0.3) is 0 Å². The molecule has 21 aromatic carbocycles. The maximum absolute atomic E-state index is 6.16. The van der Waals surface area contributed by atoms with Crippen LogP contribution in [0.25, 0.3) is 180 Å². The van der Waals surface area contributed by atoms with E-state index in [0.717, 1.165) is 67.4 Å². The molecule has 0 saturated heterocycles. The summed E-state index contributed by atoms with van der Waals surface area (Å²) in [6, 6.07) is 177. The van der Waals surface area contributed by atoms with Gasteiger partial charge >= 0.3 is 0 Å². The van der Waals surface area contributed by atoms with Crippen LogP contribution in [0.3, 0.4) is 0 Å². The lowest BCUT2D eigenvalue weighted by Crippen LogP contribution is -2.10. The summed E-state index contributed by atoms with van der Waals surface area (Å²) in [7, 11) is 0. The Morgan fingerprint density at radius 1 is 0.136 bits per heavy atom. The van der Waals surface area contributed by atoms with E-state index in [4.69, 9.17) is 4.42 Å². The number of rotatable bonds is 15. The third kappa shape index (κ3) is 15.2. The summed E-state index contributed by atoms with van der Waals surface area (Å²) in [5.74, 6) is 0. The number of hydrogen-bond acceptors (Lipinski definition) is 8. The number of thiophene rings is 4. The van der Waals surface area contributed by atoms with Gasteiger partial charge in [-0.1, -0.05) is 309 Å². The average molecular weight is 1760 g/mol. The zero-order chi connectivity index (χ0) is 87.4. The largest absolute Gasteiger partial charge is 0.456 e. The van der Waals surface area contributed by atoms with Gasteiger partial charge < -0.3 is 19.1 Å². The molecular weight excluding hydrogens is 1680 g/mol. The fraction of sp³-hybridized carbons (Fsp3) is 0. The van der Waals surface area contributed by atoms with E-state index in [9.17, 15) is 0 Å². The summed E-state index contributed by atoms with van der Waals surface area (Å²) >= 11 is 7.44. The first-order valence-corrected chi connectivity index (χ1v) is 47.9. The Bertz CT molecular complexity index is 8770. The first-order valence-electron chi connectivity index (χ1n) is 44.6. The maximum Gasteiger partial charge on any atom is 0.135 e. The topological polar surface area (TPSA) is 22.9 Å². The van der Waals surface area contributed by atoms with Gasteiger partial charge in [0.15, 0.2) is 0 Å². The molecule has 8 heteroatoms. The van der Waals surface area contributed by atoms with Crippen LogP contribution in [0.1, 0.15) is 0 Å². The molecule has 0 spiro atoms. The van der Waals surface area contributed by atoms with Crippen LogP contribution in [-0.2, 0) is 0 Å². The van der Waals surface area contributed by atoms with Gasteiger partial charge in [-0.25, -0.2) is 0 Å². The molecule has 0 aliphatic heterocycles. The predicted octanol–water partition coefficient (Wildman–Crippen LogP) is 38.0. The van der Waals surface area contributed by atoms with Crippen LogP contribution in [0.2, 0.25) is 0 Å². The van der Waals surface area contributed by atoms with E-state index < -0.39 is 0 Å². The lowest BCUT2D eigenvalue weighted by molar-refractivity contribution is 0.669. The lowest BCUT2D eigenvalue weighted by Gasteiger charge is -2.27. The Kier molecular flexibility index (Phi) is 20.8. The molecule has 26 rings (SSSR count). The first kappa shape index (κ1) is 79.4. The summed E-state index contributed by atoms with van der Waals surface area (Å²) < 4.78 is 16.8. The van der Waals surface area contributed by atoms with Gasteiger partial charge in [-0.05, 0) is 254 Å². The van der Waals surface area contributed by atoms with Crippen LogP contribution in [0.15, 0.2) is 496 Å². The third-order valence-electron chi connectivity index (χ3n) is 25.4. The molecule has 26 aromatic rings. The molecule has 0 aliphatic carbocycles. The van der Waals surface area contributed by atoms with E-state index in [1.165, 1.54) is 164 Å². The fourth-order valence-corrected chi connectivity index (χ4v) is 23.2. The molecule has 132 heavy (non-hydrogen) atoms. The predicted molar refractivity (Wildman–Crippen MR) is 572 cm³/mol. The molecule has 0 radical (unpaired) electrons. The van der Waals surface area contributed by atoms with E-state index in [1.54, 1.807) is 0 Å². The number of para-hydroxylation sites is 1. The monoisotopic (exact) mass is 1760 g/mol. The number of anilines is 9. The fourth-order valence-electron chi connectivity index (χ4n) is 18.9. The second-order valence-electron chi connectivity index (χ2n) is 33.4. The first-order chi connectivity index (χ1) is 65.4. The van der Waals surface area contributed by atoms with Crippen LogP contribution >= 0.6 is 45.3 Å². The highest BCUT2D eigenvalue weighted by Crippen LogP contribution is 2.49. The molecule has 0 amide bonds. The number of hydrogen-bond donors (Lipinski definition) is 0. The Morgan fingerprint density at radius 2 is 0.394 bits per heavy atom. The Morgan fingerprint density at radius 3 is 0.856 bits per heavy atom. The number of fused-ring (bicyclic) bond motifs is 16. The van der Waals surface area contributed by atoms with Gasteiger partial charge in [-0.15, -0.1) is 45.3 Å². The molecule has 0 N–H and O–H groups in total. The Labute approximate surface area is 780 Å². The van der Waals surface area contributed by atoms with Crippen molar-refractivity contribution in [2.24, 2.45) is 0 Å². The van der Waals surface area contributed by atoms with Crippen molar-refractivity contribution in [1.29, 1.82) is 0 Å². The van der Waals surface area contributed by atoms with E-state index in [-0.39, 0.29) is 0 Å². The third-order valence-corrected chi connectivity index (χ3v) is 30.0. The molecule has 0 unspecified atom stereocenters. The lowest BCUT2D eigenvalue weighted by atomic mass is 10.0. The number of nitrogens with zero attached hydrogens (tertiary/aromatic N) is 3. The van der Waals surface area contributed by atoms with E-state index in [2.05, 4.69) is 494 Å². The van der Waals surface area contributed by atoms with Crippen molar-refractivity contribution in [3.8, 4) is 66.8 Å². The smallest absolute Gasteiger partial charge is 0.135 e. The summed E-state index contributed by atoms with van der Waals surface area (Å²) in [6.45, 7) is 0. The minimum atomic E-state index is 0.894. The van der Waals surface area contributed by atoms with Crippen molar-refractivity contribution < 1.29 is 4.42 Å². The van der Waals surface area contributed by atoms with Gasteiger partial charge in [0.05, 0.1) is 5.69 Å².